The van der Waals surface area contributed by atoms with Crippen LogP contribution in [0, 0.1) is 6.92 Å². The number of rotatable bonds is 21. The van der Waals surface area contributed by atoms with Crippen LogP contribution in [0.25, 0.3) is 0 Å². The first-order chi connectivity index (χ1) is 35.2. The highest BCUT2D eigenvalue weighted by atomic mass is 32.3. The molecule has 4 aromatic carbocycles. The lowest BCUT2D eigenvalue weighted by Gasteiger charge is -2.31. The van der Waals surface area contributed by atoms with Crippen LogP contribution in [0.1, 0.15) is 98.2 Å². The van der Waals surface area contributed by atoms with Crippen molar-refractivity contribution in [2.75, 3.05) is 40.4 Å². The van der Waals surface area contributed by atoms with E-state index in [1.807, 2.05) is 0 Å². The molecule has 2 saturated heterocycles. The first-order valence-corrected chi connectivity index (χ1v) is 29.4. The standard InChI is InChI=1S/C29H37N3O4S2.C26H31N3O4S2/c1-3-4-6-22-9-11-23(12-10-22)20-30-25-15-17-32(18-16-25)38(34,35)28-14-13-27(37-28)21-31-29(33)24-7-5-8-26(19-24)36-2;1-19-6-8-20(9-7-19)17-27-22-12-14-29(15-13-22)35(31,32)25-11-10-24(34-25)18-28-26(30)21-4-3-5-23(16-21)33-2/h5,7-14,19,25,30H,3-4,6,15-18,20-21H2,1-2H3,(H,31,33);3-11,16,22,27H,12-15,17-18H2,1-2H3,(H,28,30). The van der Waals surface area contributed by atoms with E-state index in [0.29, 0.717) is 69.3 Å². The van der Waals surface area contributed by atoms with Crippen LogP contribution in [0.4, 0.5) is 0 Å². The van der Waals surface area contributed by atoms with E-state index in [9.17, 15) is 26.4 Å². The second kappa shape index (κ2) is 26.7. The van der Waals surface area contributed by atoms with E-state index in [1.54, 1.807) is 95.6 Å². The topological polar surface area (TPSA) is 175 Å². The smallest absolute Gasteiger partial charge is 0.252 e. The maximum atomic E-state index is 13.2. The molecule has 8 rings (SSSR count). The van der Waals surface area contributed by atoms with E-state index in [1.165, 1.54) is 57.8 Å². The number of hydrogen-bond acceptors (Lipinski definition) is 12. The molecular weight excluding hydrogens is 1000 g/mol. The second-order valence-electron chi connectivity index (χ2n) is 18.3. The summed E-state index contributed by atoms with van der Waals surface area (Å²) in [6.07, 6.45) is 6.66. The minimum atomic E-state index is -3.55. The Morgan fingerprint density at radius 2 is 0.973 bits per heavy atom. The van der Waals surface area contributed by atoms with E-state index in [0.717, 1.165) is 54.9 Å². The summed E-state index contributed by atoms with van der Waals surface area (Å²) in [4.78, 5) is 26.5. The monoisotopic (exact) mass is 1070 g/mol. The third-order valence-electron chi connectivity index (χ3n) is 13.0. The molecule has 73 heavy (non-hydrogen) atoms. The number of nitrogens with one attached hydrogen (secondary N) is 4. The van der Waals surface area contributed by atoms with Crippen molar-refractivity contribution in [3.05, 3.63) is 164 Å². The van der Waals surface area contributed by atoms with Crippen molar-refractivity contribution in [2.24, 2.45) is 0 Å². The molecule has 2 aromatic heterocycles. The SMILES string of the molecule is CCCCc1ccc(CNC2CCN(S(=O)(=O)c3ccc(CNC(=O)c4cccc(OC)c4)s3)CC2)cc1.COc1cccc(C(=O)NCc2ccc(S(=O)(=O)N3CCC(NCc4ccc(C)cc4)CC3)s2)c1. The normalized spacial score (nSPS) is 15.0. The molecule has 0 bridgehead atoms. The van der Waals surface area contributed by atoms with Crippen molar-refractivity contribution in [1.29, 1.82) is 0 Å². The Kier molecular flexibility index (Phi) is 20.2. The van der Waals surface area contributed by atoms with Gasteiger partial charge in [0.15, 0.2) is 0 Å². The van der Waals surface area contributed by atoms with Gasteiger partial charge in [-0.1, -0.05) is 79.6 Å². The van der Waals surface area contributed by atoms with Gasteiger partial charge in [-0.3, -0.25) is 9.59 Å². The Labute approximate surface area is 439 Å². The number of benzene rings is 4. The van der Waals surface area contributed by atoms with Crippen LogP contribution in [0.15, 0.2) is 130 Å². The summed E-state index contributed by atoms with van der Waals surface area (Å²) in [5.41, 5.74) is 6.09. The van der Waals surface area contributed by atoms with Gasteiger partial charge in [0.25, 0.3) is 31.9 Å². The number of carbonyl (C=O) groups excluding carboxylic acids is 2. The average Bonchev–Trinajstić information content (AvgIpc) is 4.13. The van der Waals surface area contributed by atoms with Gasteiger partial charge in [0.1, 0.15) is 19.9 Å². The molecule has 6 aromatic rings. The van der Waals surface area contributed by atoms with Gasteiger partial charge < -0.3 is 30.7 Å². The maximum absolute atomic E-state index is 13.2. The van der Waals surface area contributed by atoms with E-state index in [2.05, 4.69) is 83.6 Å². The van der Waals surface area contributed by atoms with Gasteiger partial charge in [-0.25, -0.2) is 16.8 Å². The van der Waals surface area contributed by atoms with E-state index in [4.69, 9.17) is 9.47 Å². The lowest BCUT2D eigenvalue weighted by Crippen LogP contribution is -2.44. The number of thiophene rings is 2. The lowest BCUT2D eigenvalue weighted by molar-refractivity contribution is 0.0943. The zero-order chi connectivity index (χ0) is 51.8. The molecule has 18 heteroatoms. The molecule has 2 fully saturated rings. The van der Waals surface area contributed by atoms with Gasteiger partial charge in [0.05, 0.1) is 27.3 Å². The Bertz CT molecular complexity index is 2950. The van der Waals surface area contributed by atoms with Gasteiger partial charge in [-0.15, -0.1) is 22.7 Å². The third kappa shape index (κ3) is 15.8. The van der Waals surface area contributed by atoms with Gasteiger partial charge in [0.2, 0.25) is 0 Å². The summed E-state index contributed by atoms with van der Waals surface area (Å²) in [5.74, 6) is 0.750. The number of amides is 2. The first kappa shape index (κ1) is 55.3. The van der Waals surface area contributed by atoms with Gasteiger partial charge in [-0.05, 0) is 123 Å². The van der Waals surface area contributed by atoms with Crippen molar-refractivity contribution >= 4 is 54.5 Å². The predicted molar refractivity (Wildman–Crippen MR) is 290 cm³/mol. The molecule has 0 unspecified atom stereocenters. The molecule has 0 radical (unpaired) electrons. The third-order valence-corrected chi connectivity index (χ3v) is 19.9. The summed E-state index contributed by atoms with van der Waals surface area (Å²) < 4.78 is 66.9. The fourth-order valence-corrected chi connectivity index (χ4v) is 14.4. The number of piperidine rings is 2. The molecule has 2 amide bonds. The van der Waals surface area contributed by atoms with E-state index < -0.39 is 20.0 Å². The summed E-state index contributed by atoms with van der Waals surface area (Å²) in [5, 5.41) is 12.9. The Hall–Kier alpha value is -5.44. The summed E-state index contributed by atoms with van der Waals surface area (Å²) in [7, 11) is -3.99. The van der Waals surface area contributed by atoms with Crippen LogP contribution < -0.4 is 30.7 Å². The number of methoxy groups -OCH3 is 2. The first-order valence-electron chi connectivity index (χ1n) is 24.9. The van der Waals surface area contributed by atoms with Crippen LogP contribution in [0.2, 0.25) is 0 Å². The van der Waals surface area contributed by atoms with Gasteiger partial charge >= 0.3 is 0 Å². The van der Waals surface area contributed by atoms with Crippen molar-refractivity contribution < 1.29 is 35.9 Å². The van der Waals surface area contributed by atoms with E-state index in [-0.39, 0.29) is 24.9 Å². The zero-order valence-electron chi connectivity index (χ0n) is 42.1. The quantitative estimate of drug-likeness (QED) is 0.0545. The van der Waals surface area contributed by atoms with Crippen LogP contribution >= 0.6 is 22.7 Å². The highest BCUT2D eigenvalue weighted by molar-refractivity contribution is 7.91. The fourth-order valence-electron chi connectivity index (χ4n) is 8.54. The zero-order valence-corrected chi connectivity index (χ0v) is 45.4. The molecule has 390 valence electrons. The molecule has 0 atom stereocenters. The Morgan fingerprint density at radius 3 is 1.38 bits per heavy atom. The number of ether oxygens (including phenoxy) is 2. The molecule has 4 N–H and O–H groups in total. The maximum Gasteiger partial charge on any atom is 0.252 e. The largest absolute Gasteiger partial charge is 0.497 e. The predicted octanol–water partition coefficient (Wildman–Crippen LogP) is 8.91. The molecule has 0 aliphatic carbocycles. The number of unbranched alkanes of at least 4 members (excludes halogenated alkanes) is 1. The fraction of sp³-hybridized carbons (Fsp3) is 0.382. The van der Waals surface area contributed by atoms with Crippen LogP contribution in [-0.2, 0) is 52.6 Å². The van der Waals surface area contributed by atoms with Crippen molar-refractivity contribution in [1.82, 2.24) is 29.9 Å². The molecule has 2 aliphatic rings. The molecule has 14 nitrogen and oxygen atoms in total. The van der Waals surface area contributed by atoms with Crippen molar-refractivity contribution in [3.63, 3.8) is 0 Å². The van der Waals surface area contributed by atoms with Gasteiger partial charge in [-0.2, -0.15) is 8.61 Å². The molecule has 4 heterocycles. The summed E-state index contributed by atoms with van der Waals surface area (Å²) >= 11 is 2.41. The number of sulfonamides is 2. The van der Waals surface area contributed by atoms with Gasteiger partial charge in [0, 0.05) is 72.2 Å². The minimum Gasteiger partial charge on any atom is -0.497 e. The second-order valence-corrected chi connectivity index (χ2v) is 25.0. The Balaban J connectivity index is 0.000000214. The Morgan fingerprint density at radius 1 is 0.562 bits per heavy atom. The van der Waals surface area contributed by atoms with Crippen LogP contribution in [0.5, 0.6) is 11.5 Å². The summed E-state index contributed by atoms with van der Waals surface area (Å²) in [6, 6.07) is 38.5. The molecule has 0 saturated carbocycles. The highest BCUT2D eigenvalue weighted by Gasteiger charge is 2.32. The number of aryl methyl sites for hydroxylation is 2. The number of nitrogens with zero attached hydrogens (tertiary/aromatic N) is 2. The molecular formula is C55H68N6O8S4. The van der Waals surface area contributed by atoms with Crippen LogP contribution in [0.3, 0.4) is 0 Å². The highest BCUT2D eigenvalue weighted by Crippen LogP contribution is 2.29. The summed E-state index contributed by atoms with van der Waals surface area (Å²) in [6.45, 7) is 8.37. The molecule has 0 spiro atoms. The number of carbonyl (C=O) groups is 2. The van der Waals surface area contributed by atoms with Crippen molar-refractivity contribution in [3.8, 4) is 11.5 Å². The van der Waals surface area contributed by atoms with Crippen molar-refractivity contribution in [2.45, 2.75) is 105 Å². The van der Waals surface area contributed by atoms with E-state index >= 15 is 0 Å². The molecule has 2 aliphatic heterocycles. The number of hydrogen-bond donors (Lipinski definition) is 4. The average molecular weight is 1070 g/mol. The lowest BCUT2D eigenvalue weighted by atomic mass is 10.0. The minimum absolute atomic E-state index is 0.233. The van der Waals surface area contributed by atoms with Crippen LogP contribution in [-0.4, -0.2) is 89.7 Å².